The molecule has 2 N–H and O–H groups in total. The number of anilines is 1. The van der Waals surface area contributed by atoms with Crippen molar-refractivity contribution in [2.75, 3.05) is 12.4 Å². The number of carbonyl (C=O) groups is 2. The monoisotopic (exact) mass is 390 g/mol. The molecular formula is C18H19BrN2O3. The van der Waals surface area contributed by atoms with Gasteiger partial charge in [0.05, 0.1) is 12.8 Å². The van der Waals surface area contributed by atoms with Crippen LogP contribution in [0.4, 0.5) is 5.69 Å². The Morgan fingerprint density at radius 2 is 1.88 bits per heavy atom. The predicted molar refractivity (Wildman–Crippen MR) is 97.0 cm³/mol. The molecule has 126 valence electrons. The Labute approximate surface area is 149 Å². The first-order valence-electron chi connectivity index (χ1n) is 7.44. The van der Waals surface area contributed by atoms with Crippen LogP contribution in [0, 0.1) is 6.92 Å². The van der Waals surface area contributed by atoms with Crippen molar-refractivity contribution in [2.45, 2.75) is 19.9 Å². The van der Waals surface area contributed by atoms with Crippen LogP contribution >= 0.6 is 15.9 Å². The van der Waals surface area contributed by atoms with Crippen LogP contribution in [-0.2, 0) is 16.1 Å². The van der Waals surface area contributed by atoms with Crippen LogP contribution in [0.25, 0.3) is 0 Å². The fourth-order valence-electron chi connectivity index (χ4n) is 2.17. The molecule has 0 atom stereocenters. The molecule has 0 aliphatic rings. The molecule has 0 spiro atoms. The van der Waals surface area contributed by atoms with Crippen molar-refractivity contribution in [3.8, 4) is 5.75 Å². The SMILES string of the molecule is COc1ccccc1CNC(=O)CC(=O)Nc1ccc(C)cc1Br. The molecule has 24 heavy (non-hydrogen) atoms. The number of hydrogen-bond donors (Lipinski definition) is 2. The molecule has 0 heterocycles. The van der Waals surface area contributed by atoms with Gasteiger partial charge in [0.25, 0.3) is 0 Å². The number of halogens is 1. The maximum atomic E-state index is 12.0. The van der Waals surface area contributed by atoms with Gasteiger partial charge in [-0.2, -0.15) is 0 Å². The van der Waals surface area contributed by atoms with Crippen LogP contribution in [0.5, 0.6) is 5.75 Å². The second-order valence-corrected chi connectivity index (χ2v) is 6.15. The van der Waals surface area contributed by atoms with E-state index >= 15 is 0 Å². The molecule has 2 amide bonds. The zero-order valence-corrected chi connectivity index (χ0v) is 15.1. The lowest BCUT2D eigenvalue weighted by molar-refractivity contribution is -0.126. The van der Waals surface area contributed by atoms with Crippen molar-refractivity contribution in [3.05, 3.63) is 58.1 Å². The van der Waals surface area contributed by atoms with Gasteiger partial charge in [0, 0.05) is 16.6 Å². The molecule has 0 fully saturated rings. The lowest BCUT2D eigenvalue weighted by Gasteiger charge is -2.10. The molecule has 0 bridgehead atoms. The predicted octanol–water partition coefficient (Wildman–Crippen LogP) is 3.41. The molecule has 6 heteroatoms. The first kappa shape index (κ1) is 18.0. The second kappa shape index (κ2) is 8.49. The van der Waals surface area contributed by atoms with E-state index in [1.54, 1.807) is 13.2 Å². The summed E-state index contributed by atoms with van der Waals surface area (Å²) in [7, 11) is 1.58. The summed E-state index contributed by atoms with van der Waals surface area (Å²) >= 11 is 3.39. The number of ether oxygens (including phenoxy) is 1. The van der Waals surface area contributed by atoms with Crippen LogP contribution in [0.15, 0.2) is 46.9 Å². The molecule has 2 rings (SSSR count). The highest BCUT2D eigenvalue weighted by Crippen LogP contribution is 2.23. The third kappa shape index (κ3) is 5.09. The Balaban J connectivity index is 1.86. The summed E-state index contributed by atoms with van der Waals surface area (Å²) in [5, 5.41) is 5.44. The summed E-state index contributed by atoms with van der Waals surface area (Å²) in [6, 6.07) is 13.0. The van der Waals surface area contributed by atoms with E-state index in [0.29, 0.717) is 18.0 Å². The van der Waals surface area contributed by atoms with Crippen molar-refractivity contribution in [1.82, 2.24) is 5.32 Å². The van der Waals surface area contributed by atoms with Crippen molar-refractivity contribution < 1.29 is 14.3 Å². The normalized spacial score (nSPS) is 10.1. The first-order chi connectivity index (χ1) is 11.5. The average molecular weight is 391 g/mol. The van der Waals surface area contributed by atoms with E-state index in [2.05, 4.69) is 26.6 Å². The van der Waals surface area contributed by atoms with E-state index in [-0.39, 0.29) is 18.2 Å². The summed E-state index contributed by atoms with van der Waals surface area (Å²) in [6.45, 7) is 2.27. The number of para-hydroxylation sites is 1. The van der Waals surface area contributed by atoms with E-state index < -0.39 is 0 Å². The quantitative estimate of drug-likeness (QED) is 0.742. The summed E-state index contributed by atoms with van der Waals surface area (Å²) in [6.07, 6.45) is -0.241. The van der Waals surface area contributed by atoms with Crippen LogP contribution in [0.1, 0.15) is 17.5 Å². The lowest BCUT2D eigenvalue weighted by Crippen LogP contribution is -2.28. The number of nitrogens with one attached hydrogen (secondary N) is 2. The highest BCUT2D eigenvalue weighted by Gasteiger charge is 2.12. The summed E-state index contributed by atoms with van der Waals surface area (Å²) in [4.78, 5) is 23.9. The van der Waals surface area contributed by atoms with Crippen molar-refractivity contribution >= 4 is 33.4 Å². The van der Waals surface area contributed by atoms with E-state index in [1.807, 2.05) is 43.3 Å². The number of aryl methyl sites for hydroxylation is 1. The number of methoxy groups -OCH3 is 1. The van der Waals surface area contributed by atoms with E-state index in [9.17, 15) is 9.59 Å². The van der Waals surface area contributed by atoms with E-state index in [1.165, 1.54) is 0 Å². The molecular weight excluding hydrogens is 372 g/mol. The number of benzene rings is 2. The Morgan fingerprint density at radius 3 is 2.58 bits per heavy atom. The fourth-order valence-corrected chi connectivity index (χ4v) is 2.76. The largest absolute Gasteiger partial charge is 0.496 e. The molecule has 2 aromatic carbocycles. The molecule has 0 aliphatic carbocycles. The number of hydrogen-bond acceptors (Lipinski definition) is 3. The number of amides is 2. The van der Waals surface area contributed by atoms with Crippen molar-refractivity contribution in [3.63, 3.8) is 0 Å². The second-order valence-electron chi connectivity index (χ2n) is 5.30. The molecule has 0 unspecified atom stereocenters. The van der Waals surface area contributed by atoms with Crippen LogP contribution < -0.4 is 15.4 Å². The summed E-state index contributed by atoms with van der Waals surface area (Å²) < 4.78 is 6.01. The third-order valence-corrected chi connectivity index (χ3v) is 4.04. The summed E-state index contributed by atoms with van der Waals surface area (Å²) in [5.41, 5.74) is 2.58. The van der Waals surface area contributed by atoms with Gasteiger partial charge < -0.3 is 15.4 Å². The van der Waals surface area contributed by atoms with Gasteiger partial charge in [-0.15, -0.1) is 0 Å². The molecule has 0 saturated heterocycles. The maximum absolute atomic E-state index is 12.0. The van der Waals surface area contributed by atoms with Gasteiger partial charge in [0.15, 0.2) is 0 Å². The molecule has 5 nitrogen and oxygen atoms in total. The smallest absolute Gasteiger partial charge is 0.233 e. The van der Waals surface area contributed by atoms with Crippen LogP contribution in [0.2, 0.25) is 0 Å². The van der Waals surface area contributed by atoms with E-state index in [4.69, 9.17) is 4.74 Å². The van der Waals surface area contributed by atoms with Gasteiger partial charge in [0.2, 0.25) is 11.8 Å². The van der Waals surface area contributed by atoms with E-state index in [0.717, 1.165) is 15.6 Å². The van der Waals surface area contributed by atoms with Gasteiger partial charge in [0.1, 0.15) is 12.2 Å². The minimum absolute atomic E-state index is 0.241. The van der Waals surface area contributed by atoms with Crippen molar-refractivity contribution in [1.29, 1.82) is 0 Å². The Bertz CT molecular complexity index is 747. The number of carbonyl (C=O) groups excluding carboxylic acids is 2. The lowest BCUT2D eigenvalue weighted by atomic mass is 10.2. The molecule has 0 saturated carbocycles. The van der Waals surface area contributed by atoms with Crippen molar-refractivity contribution in [2.24, 2.45) is 0 Å². The molecule has 0 aliphatic heterocycles. The van der Waals surface area contributed by atoms with Crippen LogP contribution in [-0.4, -0.2) is 18.9 Å². The standard InChI is InChI=1S/C18H19BrN2O3/c1-12-7-8-15(14(19)9-12)21-18(23)10-17(22)20-11-13-5-3-4-6-16(13)24-2/h3-9H,10-11H2,1-2H3,(H,20,22)(H,21,23). The maximum Gasteiger partial charge on any atom is 0.233 e. The third-order valence-electron chi connectivity index (χ3n) is 3.39. The average Bonchev–Trinajstić information content (AvgIpc) is 2.55. The molecule has 2 aromatic rings. The minimum Gasteiger partial charge on any atom is -0.496 e. The van der Waals surface area contributed by atoms with Gasteiger partial charge in [-0.25, -0.2) is 0 Å². The zero-order chi connectivity index (χ0) is 17.5. The highest BCUT2D eigenvalue weighted by atomic mass is 79.9. The Kier molecular flexibility index (Phi) is 6.37. The van der Waals surface area contributed by atoms with Gasteiger partial charge in [-0.05, 0) is 46.6 Å². The van der Waals surface area contributed by atoms with Crippen LogP contribution in [0.3, 0.4) is 0 Å². The fraction of sp³-hybridized carbons (Fsp3) is 0.222. The van der Waals surface area contributed by atoms with Gasteiger partial charge in [-0.3, -0.25) is 9.59 Å². The minimum atomic E-state index is -0.364. The molecule has 0 radical (unpaired) electrons. The zero-order valence-electron chi connectivity index (χ0n) is 13.6. The number of rotatable bonds is 6. The Morgan fingerprint density at radius 1 is 1.12 bits per heavy atom. The molecule has 0 aromatic heterocycles. The van der Waals surface area contributed by atoms with Gasteiger partial charge in [-0.1, -0.05) is 24.3 Å². The first-order valence-corrected chi connectivity index (χ1v) is 8.23. The topological polar surface area (TPSA) is 67.4 Å². The van der Waals surface area contributed by atoms with Gasteiger partial charge >= 0.3 is 0 Å². The Hall–Kier alpha value is -2.34. The summed E-state index contributed by atoms with van der Waals surface area (Å²) in [5.74, 6) is -0.00967. The highest BCUT2D eigenvalue weighted by molar-refractivity contribution is 9.10.